The van der Waals surface area contributed by atoms with E-state index in [9.17, 15) is 23.1 Å². The van der Waals surface area contributed by atoms with E-state index in [0.717, 1.165) is 48.3 Å². The van der Waals surface area contributed by atoms with E-state index < -0.39 is 29.0 Å². The van der Waals surface area contributed by atoms with E-state index in [1.165, 1.54) is 0 Å². The maximum Gasteiger partial charge on any atom is 0.194 e. The first kappa shape index (κ1) is 23.9. The van der Waals surface area contributed by atoms with Crippen LogP contribution in [0.1, 0.15) is 79.8 Å². The molecule has 0 bridgehead atoms. The maximum absolute atomic E-state index is 13.7. The van der Waals surface area contributed by atoms with E-state index in [0.29, 0.717) is 18.4 Å². The van der Waals surface area contributed by atoms with Gasteiger partial charge in [-0.1, -0.05) is 31.9 Å². The summed E-state index contributed by atoms with van der Waals surface area (Å²) in [5.74, 6) is -5.12. The number of hydrogen-bond acceptors (Lipinski definition) is 3. The van der Waals surface area contributed by atoms with Crippen LogP contribution in [0, 0.1) is 24.4 Å². The van der Waals surface area contributed by atoms with Gasteiger partial charge in [0, 0.05) is 21.6 Å². The van der Waals surface area contributed by atoms with Crippen LogP contribution in [0.4, 0.5) is 13.2 Å². The minimum absolute atomic E-state index is 0.137. The zero-order valence-electron chi connectivity index (χ0n) is 18.2. The van der Waals surface area contributed by atoms with Crippen LogP contribution in [0.2, 0.25) is 0 Å². The molecule has 1 aliphatic carbocycles. The van der Waals surface area contributed by atoms with Crippen molar-refractivity contribution in [2.45, 2.75) is 81.0 Å². The third-order valence-electron chi connectivity index (χ3n) is 6.06. The van der Waals surface area contributed by atoms with Crippen molar-refractivity contribution in [3.63, 3.8) is 0 Å². The molecule has 0 saturated heterocycles. The van der Waals surface area contributed by atoms with Gasteiger partial charge in [-0.2, -0.15) is 0 Å². The molecule has 1 saturated carbocycles. The van der Waals surface area contributed by atoms with Crippen LogP contribution in [0.25, 0.3) is 0 Å². The predicted molar refractivity (Wildman–Crippen MR) is 118 cm³/mol. The van der Waals surface area contributed by atoms with Gasteiger partial charge in [-0.3, -0.25) is 4.79 Å². The van der Waals surface area contributed by atoms with E-state index in [1.54, 1.807) is 24.8 Å². The van der Waals surface area contributed by atoms with Gasteiger partial charge in [-0.25, -0.2) is 13.2 Å². The summed E-state index contributed by atoms with van der Waals surface area (Å²) < 4.78 is 40.8. The van der Waals surface area contributed by atoms with Crippen molar-refractivity contribution in [2.75, 3.05) is 0 Å². The topological polar surface area (TPSA) is 37.3 Å². The number of halogens is 3. The predicted octanol–water partition coefficient (Wildman–Crippen LogP) is 6.96. The molecule has 0 heterocycles. The lowest BCUT2D eigenvalue weighted by atomic mass is 9.88. The van der Waals surface area contributed by atoms with Gasteiger partial charge in [0.2, 0.25) is 0 Å². The number of ketones is 1. The van der Waals surface area contributed by atoms with E-state index in [2.05, 4.69) is 0 Å². The van der Waals surface area contributed by atoms with Crippen LogP contribution in [0.3, 0.4) is 0 Å². The summed E-state index contributed by atoms with van der Waals surface area (Å²) in [4.78, 5) is 14.2. The van der Waals surface area contributed by atoms with Crippen molar-refractivity contribution >= 4 is 17.5 Å². The number of aliphatic hydroxyl groups is 1. The minimum Gasteiger partial charge on any atom is -0.390 e. The van der Waals surface area contributed by atoms with Gasteiger partial charge < -0.3 is 5.11 Å². The van der Waals surface area contributed by atoms with E-state index in [1.807, 2.05) is 26.0 Å². The van der Waals surface area contributed by atoms with Crippen LogP contribution in [0.5, 0.6) is 0 Å². The fourth-order valence-electron chi connectivity index (χ4n) is 4.28. The number of thioether (sulfide) groups is 1. The third kappa shape index (κ3) is 5.72. The Bertz CT molecular complexity index is 935. The van der Waals surface area contributed by atoms with Crippen molar-refractivity contribution in [3.05, 3.63) is 64.5 Å². The van der Waals surface area contributed by atoms with Crippen LogP contribution in [-0.2, 0) is 0 Å². The lowest BCUT2D eigenvalue weighted by Crippen LogP contribution is -2.26. The summed E-state index contributed by atoms with van der Waals surface area (Å²) in [7, 11) is 0. The summed E-state index contributed by atoms with van der Waals surface area (Å²) >= 11 is 1.68. The summed E-state index contributed by atoms with van der Waals surface area (Å²) in [6, 6.07) is 7.25. The van der Waals surface area contributed by atoms with Crippen molar-refractivity contribution in [3.8, 4) is 0 Å². The van der Waals surface area contributed by atoms with Gasteiger partial charge in [-0.15, -0.1) is 11.8 Å². The molecule has 1 unspecified atom stereocenters. The fourth-order valence-corrected chi connectivity index (χ4v) is 5.82. The molecule has 6 heteroatoms. The summed E-state index contributed by atoms with van der Waals surface area (Å²) in [5.41, 5.74) is 0.959. The average Bonchev–Trinajstić information content (AvgIpc) is 2.88. The summed E-state index contributed by atoms with van der Waals surface area (Å²) in [5, 5.41) is 10.8. The first-order chi connectivity index (χ1) is 14.6. The lowest BCUT2D eigenvalue weighted by Gasteiger charge is -2.25. The molecular formula is C25H29F3O2S. The second-order valence-electron chi connectivity index (χ2n) is 8.79. The minimum atomic E-state index is -1.53. The average molecular weight is 451 g/mol. The smallest absolute Gasteiger partial charge is 0.194 e. The normalized spacial score (nSPS) is 22.7. The number of carbonyl (C=O) groups is 1. The highest BCUT2D eigenvalue weighted by Crippen LogP contribution is 2.39. The molecule has 3 atom stereocenters. The molecule has 0 spiro atoms. The first-order valence-corrected chi connectivity index (χ1v) is 11.7. The molecular weight excluding hydrogens is 421 g/mol. The standard InChI is InChI=1S/C25H29F3O2S/c1-4-19(17-11-20(26)23(28)21(27)12-17)24(29)16-9-8-15(2)22(13-16)31-18-7-5-6-10-25(3,30)14-18/h8-9,11-13,18-19,30H,4-7,10,14H2,1-3H3/t18-,19?,25+/m1/s1. The monoisotopic (exact) mass is 450 g/mol. The van der Waals surface area contributed by atoms with Crippen LogP contribution >= 0.6 is 11.8 Å². The van der Waals surface area contributed by atoms with Crippen molar-refractivity contribution in [1.29, 1.82) is 0 Å². The van der Waals surface area contributed by atoms with Crippen molar-refractivity contribution in [2.24, 2.45) is 0 Å². The Hall–Kier alpha value is -1.79. The molecule has 2 aromatic carbocycles. The van der Waals surface area contributed by atoms with Gasteiger partial charge in [0.1, 0.15) is 0 Å². The molecule has 2 aromatic rings. The fraction of sp³-hybridized carbons (Fsp3) is 0.480. The summed E-state index contributed by atoms with van der Waals surface area (Å²) in [6.45, 7) is 5.62. The van der Waals surface area contributed by atoms with Gasteiger partial charge in [-0.05, 0) is 68.9 Å². The molecule has 0 radical (unpaired) electrons. The highest BCUT2D eigenvalue weighted by molar-refractivity contribution is 8.00. The van der Waals surface area contributed by atoms with E-state index in [4.69, 9.17) is 0 Å². The first-order valence-electron chi connectivity index (χ1n) is 10.8. The van der Waals surface area contributed by atoms with Gasteiger partial charge in [0.25, 0.3) is 0 Å². The number of Topliss-reactive ketones (excluding diaryl/α,β-unsaturated/α-hetero) is 1. The molecule has 0 aromatic heterocycles. The largest absolute Gasteiger partial charge is 0.390 e. The van der Waals surface area contributed by atoms with Gasteiger partial charge >= 0.3 is 0 Å². The van der Waals surface area contributed by atoms with Crippen LogP contribution in [-0.4, -0.2) is 21.7 Å². The second-order valence-corrected chi connectivity index (χ2v) is 10.1. The van der Waals surface area contributed by atoms with Crippen LogP contribution < -0.4 is 0 Å². The molecule has 1 N–H and O–H groups in total. The molecule has 168 valence electrons. The van der Waals surface area contributed by atoms with Gasteiger partial charge in [0.15, 0.2) is 23.2 Å². The van der Waals surface area contributed by atoms with E-state index in [-0.39, 0.29) is 16.6 Å². The Morgan fingerprint density at radius 2 is 1.87 bits per heavy atom. The Labute approximate surface area is 186 Å². The number of hydrogen-bond donors (Lipinski definition) is 1. The summed E-state index contributed by atoms with van der Waals surface area (Å²) in [6.07, 6.45) is 4.90. The van der Waals surface area contributed by atoms with Crippen molar-refractivity contribution < 1.29 is 23.1 Å². The molecule has 0 amide bonds. The Kier molecular flexibility index (Phi) is 7.53. The number of carbonyl (C=O) groups excluding carboxylic acids is 1. The lowest BCUT2D eigenvalue weighted by molar-refractivity contribution is 0.0457. The number of rotatable bonds is 6. The van der Waals surface area contributed by atoms with Crippen molar-refractivity contribution in [1.82, 2.24) is 0 Å². The molecule has 2 nitrogen and oxygen atoms in total. The molecule has 31 heavy (non-hydrogen) atoms. The SMILES string of the molecule is CCC(C(=O)c1ccc(C)c(S[C@@H]2CCCC[C@](C)(O)C2)c1)c1cc(F)c(F)c(F)c1. The Balaban J connectivity index is 1.86. The zero-order valence-corrected chi connectivity index (χ0v) is 19.0. The third-order valence-corrected chi connectivity index (χ3v) is 7.49. The highest BCUT2D eigenvalue weighted by Gasteiger charge is 2.29. The Morgan fingerprint density at radius 3 is 2.52 bits per heavy atom. The highest BCUT2D eigenvalue weighted by atomic mass is 32.2. The molecule has 0 aliphatic heterocycles. The number of aryl methyl sites for hydroxylation is 1. The molecule has 1 fully saturated rings. The zero-order chi connectivity index (χ0) is 22.8. The molecule has 3 rings (SSSR count). The quantitative estimate of drug-likeness (QED) is 0.293. The van der Waals surface area contributed by atoms with Crippen LogP contribution in [0.15, 0.2) is 35.2 Å². The second kappa shape index (κ2) is 9.78. The van der Waals surface area contributed by atoms with Gasteiger partial charge in [0.05, 0.1) is 5.60 Å². The maximum atomic E-state index is 13.7. The molecule has 1 aliphatic rings. The van der Waals surface area contributed by atoms with E-state index >= 15 is 0 Å². The Morgan fingerprint density at radius 1 is 1.19 bits per heavy atom. The number of benzene rings is 2.